The van der Waals surface area contributed by atoms with Gasteiger partial charge in [0.15, 0.2) is 0 Å². The van der Waals surface area contributed by atoms with Crippen LogP contribution in [0.15, 0.2) is 12.1 Å². The summed E-state index contributed by atoms with van der Waals surface area (Å²) in [6.45, 7) is 13.2. The van der Waals surface area contributed by atoms with Crippen LogP contribution in [0.5, 0.6) is 5.75 Å². The summed E-state index contributed by atoms with van der Waals surface area (Å²) in [5, 5.41) is 9.63. The van der Waals surface area contributed by atoms with Crippen molar-refractivity contribution in [1.29, 1.82) is 0 Å². The van der Waals surface area contributed by atoms with Crippen molar-refractivity contribution in [3.05, 3.63) is 28.8 Å². The standard InChI is InChI=1S/C27H45OPS2/c1-26(2,3)23-17-20(18-24(25(23)28)27(4,5)6)19-31-29(30,21-13-9-7-10-14-21)22-15-11-8-12-16-22/h17-18,21-22,28H,7-16,19H2,1-6H3. The number of phenols is 1. The molecule has 0 bridgehead atoms. The lowest BCUT2D eigenvalue weighted by molar-refractivity contribution is 0.423. The summed E-state index contributed by atoms with van der Waals surface area (Å²) in [6, 6.07) is 4.55. The van der Waals surface area contributed by atoms with Crippen LogP contribution >= 0.6 is 16.6 Å². The summed E-state index contributed by atoms with van der Waals surface area (Å²) < 4.78 is 0. The van der Waals surface area contributed by atoms with E-state index in [4.69, 9.17) is 11.8 Å². The molecule has 0 spiro atoms. The Bertz CT molecular complexity index is 733. The Morgan fingerprint density at radius 1 is 0.806 bits per heavy atom. The minimum Gasteiger partial charge on any atom is -0.507 e. The third-order valence-electron chi connectivity index (χ3n) is 7.39. The van der Waals surface area contributed by atoms with Gasteiger partial charge in [-0.05, 0) is 64.5 Å². The highest BCUT2D eigenvalue weighted by Crippen LogP contribution is 2.72. The molecule has 1 aromatic carbocycles. The topological polar surface area (TPSA) is 20.2 Å². The largest absolute Gasteiger partial charge is 0.507 e. The summed E-state index contributed by atoms with van der Waals surface area (Å²) >= 11 is 8.88. The van der Waals surface area contributed by atoms with Crippen LogP contribution in [0.4, 0.5) is 0 Å². The minimum atomic E-state index is -1.47. The highest BCUT2D eigenvalue weighted by molar-refractivity contribution is 8.71. The first-order chi connectivity index (χ1) is 14.4. The molecular formula is C27H45OPS2. The summed E-state index contributed by atoms with van der Waals surface area (Å²) in [6.07, 6.45) is 13.8. The molecule has 0 aromatic heterocycles. The van der Waals surface area contributed by atoms with Gasteiger partial charge in [-0.1, -0.05) is 104 Å². The Morgan fingerprint density at radius 2 is 1.19 bits per heavy atom. The summed E-state index contributed by atoms with van der Waals surface area (Å²) in [7, 11) is 0. The fourth-order valence-electron chi connectivity index (χ4n) is 5.49. The van der Waals surface area contributed by atoms with Gasteiger partial charge in [-0.25, -0.2) is 0 Å². The Hall–Kier alpha value is 0.0200. The average molecular weight is 481 g/mol. The molecule has 0 atom stereocenters. The Morgan fingerprint density at radius 3 is 1.55 bits per heavy atom. The highest BCUT2D eigenvalue weighted by atomic mass is 32.9. The van der Waals surface area contributed by atoms with E-state index in [-0.39, 0.29) is 10.8 Å². The first-order valence-electron chi connectivity index (χ1n) is 12.5. The van der Waals surface area contributed by atoms with Crippen molar-refractivity contribution in [3.63, 3.8) is 0 Å². The van der Waals surface area contributed by atoms with Crippen LogP contribution in [0.25, 0.3) is 0 Å². The van der Waals surface area contributed by atoms with E-state index in [1.807, 2.05) is 0 Å². The van der Waals surface area contributed by atoms with Crippen molar-refractivity contribution in [2.45, 2.75) is 134 Å². The van der Waals surface area contributed by atoms with E-state index >= 15 is 0 Å². The zero-order chi connectivity index (χ0) is 22.9. The molecule has 1 aromatic rings. The Kier molecular flexibility index (Phi) is 8.36. The Labute approximate surface area is 201 Å². The lowest BCUT2D eigenvalue weighted by atomic mass is 9.78. The fourth-order valence-corrected chi connectivity index (χ4v) is 14.5. The van der Waals surface area contributed by atoms with Crippen molar-refractivity contribution >= 4 is 28.4 Å². The maximum atomic E-state index is 11.1. The summed E-state index contributed by atoms with van der Waals surface area (Å²) in [5.74, 6) is 1.50. The van der Waals surface area contributed by atoms with Crippen LogP contribution in [0, 0.1) is 0 Å². The van der Waals surface area contributed by atoms with Crippen molar-refractivity contribution in [1.82, 2.24) is 0 Å². The molecule has 2 fully saturated rings. The van der Waals surface area contributed by atoms with Gasteiger partial charge in [0.25, 0.3) is 0 Å². The molecule has 0 radical (unpaired) electrons. The molecule has 2 aliphatic carbocycles. The molecule has 0 aliphatic heterocycles. The number of hydrogen-bond acceptors (Lipinski definition) is 3. The van der Waals surface area contributed by atoms with Gasteiger partial charge < -0.3 is 5.11 Å². The number of benzene rings is 1. The molecule has 1 N–H and O–H groups in total. The van der Waals surface area contributed by atoms with Crippen molar-refractivity contribution < 1.29 is 5.11 Å². The lowest BCUT2D eigenvalue weighted by Crippen LogP contribution is -2.22. The third-order valence-corrected chi connectivity index (χ3v) is 17.4. The van der Waals surface area contributed by atoms with E-state index in [9.17, 15) is 5.11 Å². The van der Waals surface area contributed by atoms with Gasteiger partial charge in [-0.15, -0.1) is 11.4 Å². The van der Waals surface area contributed by atoms with Gasteiger partial charge in [0.2, 0.25) is 0 Å². The van der Waals surface area contributed by atoms with E-state index in [0.29, 0.717) is 5.75 Å². The molecule has 31 heavy (non-hydrogen) atoms. The molecule has 0 amide bonds. The van der Waals surface area contributed by atoms with Gasteiger partial charge in [0.05, 0.1) is 0 Å². The first-order valence-corrected chi connectivity index (χ1v) is 17.1. The molecule has 0 unspecified atom stereocenters. The number of rotatable bonds is 5. The van der Waals surface area contributed by atoms with Crippen LogP contribution in [-0.2, 0) is 28.4 Å². The number of aromatic hydroxyl groups is 1. The minimum absolute atomic E-state index is 0.0717. The van der Waals surface area contributed by atoms with Gasteiger partial charge in [0, 0.05) is 11.0 Å². The normalized spacial score (nSPS) is 20.2. The van der Waals surface area contributed by atoms with Crippen molar-refractivity contribution in [3.8, 4) is 5.75 Å². The van der Waals surface area contributed by atoms with Gasteiger partial charge in [-0.3, -0.25) is 0 Å². The summed E-state index contributed by atoms with van der Waals surface area (Å²) in [4.78, 5) is 0. The van der Waals surface area contributed by atoms with Crippen LogP contribution in [-0.4, -0.2) is 16.4 Å². The molecule has 3 rings (SSSR count). The van der Waals surface area contributed by atoms with Crippen LogP contribution < -0.4 is 0 Å². The van der Waals surface area contributed by atoms with Crippen molar-refractivity contribution in [2.75, 3.05) is 0 Å². The second kappa shape index (κ2) is 10.1. The molecular weight excluding hydrogens is 435 g/mol. The second-order valence-electron chi connectivity index (χ2n) is 12.0. The smallest absolute Gasteiger partial charge is 0.123 e. The first kappa shape index (κ1) is 25.6. The van der Waals surface area contributed by atoms with E-state index in [1.165, 1.54) is 69.8 Å². The van der Waals surface area contributed by atoms with E-state index in [2.05, 4.69) is 65.1 Å². The maximum Gasteiger partial charge on any atom is 0.123 e. The molecule has 4 heteroatoms. The van der Waals surface area contributed by atoms with Crippen LogP contribution in [0.2, 0.25) is 0 Å². The maximum absolute atomic E-state index is 11.1. The highest BCUT2D eigenvalue weighted by Gasteiger charge is 2.38. The molecule has 1 nitrogen and oxygen atoms in total. The van der Waals surface area contributed by atoms with Crippen molar-refractivity contribution in [2.24, 2.45) is 0 Å². The molecule has 0 saturated heterocycles. The second-order valence-corrected chi connectivity index (χ2v) is 20.4. The molecule has 176 valence electrons. The summed E-state index contributed by atoms with van der Waals surface area (Å²) in [5.41, 5.74) is 4.98. The van der Waals surface area contributed by atoms with Crippen LogP contribution in [0.1, 0.15) is 122 Å². The fraction of sp³-hybridized carbons (Fsp3) is 0.778. The molecule has 2 saturated carbocycles. The molecule has 0 heterocycles. The monoisotopic (exact) mass is 480 g/mol. The van der Waals surface area contributed by atoms with E-state index < -0.39 is 5.24 Å². The molecule has 2 aliphatic rings. The Balaban J connectivity index is 1.92. The zero-order valence-electron chi connectivity index (χ0n) is 20.8. The number of phenolic OH excluding ortho intramolecular Hbond substituents is 1. The SMILES string of the molecule is CC(C)(C)c1cc(CSP(=S)(C2CCCCC2)C2CCCCC2)cc(C(C)(C)C)c1O. The zero-order valence-corrected chi connectivity index (χ0v) is 23.3. The quantitative estimate of drug-likeness (QED) is 0.424. The number of hydrogen-bond donors (Lipinski definition) is 1. The van der Waals surface area contributed by atoms with Crippen LogP contribution in [0.3, 0.4) is 0 Å². The van der Waals surface area contributed by atoms with E-state index in [1.54, 1.807) is 0 Å². The predicted molar refractivity (Wildman–Crippen MR) is 145 cm³/mol. The average Bonchev–Trinajstić information content (AvgIpc) is 2.72. The van der Waals surface area contributed by atoms with E-state index in [0.717, 1.165) is 28.2 Å². The van der Waals surface area contributed by atoms with Gasteiger partial charge in [0.1, 0.15) is 5.75 Å². The third kappa shape index (κ3) is 6.13. The van der Waals surface area contributed by atoms with Gasteiger partial charge in [-0.2, -0.15) is 0 Å². The predicted octanol–water partition coefficient (Wildman–Crippen LogP) is 9.28. The lowest BCUT2D eigenvalue weighted by Gasteiger charge is -2.41. The van der Waals surface area contributed by atoms with Gasteiger partial charge >= 0.3 is 0 Å².